The number of nitrogen functional groups attached to an aromatic ring is 1. The van der Waals surface area contributed by atoms with Gasteiger partial charge in [-0.05, 0) is 38.1 Å². The number of rotatable bonds is 6. The van der Waals surface area contributed by atoms with Crippen LogP contribution < -0.4 is 16.4 Å². The summed E-state index contributed by atoms with van der Waals surface area (Å²) in [4.78, 5) is 25.2. The normalized spacial score (nSPS) is 14.0. The van der Waals surface area contributed by atoms with Gasteiger partial charge in [0.2, 0.25) is 11.8 Å². The third kappa shape index (κ3) is 5.24. The fraction of sp³-hybridized carbons (Fsp3) is 0.429. The maximum Gasteiger partial charge on any atom is 0.238 e. The van der Waals surface area contributed by atoms with Crippen LogP contribution in [0.4, 0.5) is 11.4 Å². The summed E-state index contributed by atoms with van der Waals surface area (Å²) < 4.78 is 0. The molecule has 1 fully saturated rings. The number of benzene rings is 1. The third-order valence-corrected chi connectivity index (χ3v) is 3.29. The Morgan fingerprint density at radius 1 is 1.33 bits per heavy atom. The Labute approximate surface area is 128 Å². The van der Waals surface area contributed by atoms with Crippen LogP contribution in [0.25, 0.3) is 0 Å². The molecular weight excluding hydrogens is 292 g/mol. The number of amides is 2. The van der Waals surface area contributed by atoms with Crippen LogP contribution in [0.3, 0.4) is 0 Å². The number of anilines is 2. The van der Waals surface area contributed by atoms with Crippen molar-refractivity contribution in [1.82, 2.24) is 10.2 Å². The first-order valence-electron chi connectivity index (χ1n) is 6.77. The van der Waals surface area contributed by atoms with Gasteiger partial charge in [0.1, 0.15) is 0 Å². The minimum Gasteiger partial charge on any atom is -0.397 e. The van der Waals surface area contributed by atoms with E-state index in [0.717, 1.165) is 12.8 Å². The highest BCUT2D eigenvalue weighted by molar-refractivity contribution is 6.31. The molecule has 6 nitrogen and oxygen atoms in total. The summed E-state index contributed by atoms with van der Waals surface area (Å²) in [6.07, 6.45) is 2.09. The van der Waals surface area contributed by atoms with Crippen molar-refractivity contribution >= 4 is 34.8 Å². The molecule has 1 aromatic rings. The predicted molar refractivity (Wildman–Crippen MR) is 83.2 cm³/mol. The third-order valence-electron chi connectivity index (χ3n) is 3.06. The zero-order valence-corrected chi connectivity index (χ0v) is 12.6. The molecule has 114 valence electrons. The first-order chi connectivity index (χ1) is 9.94. The van der Waals surface area contributed by atoms with Crippen molar-refractivity contribution in [3.05, 3.63) is 23.2 Å². The first-order valence-corrected chi connectivity index (χ1v) is 7.14. The number of likely N-dealkylation sites (N-methyl/N-ethyl adjacent to an activating group) is 1. The van der Waals surface area contributed by atoms with E-state index in [-0.39, 0.29) is 24.9 Å². The lowest BCUT2D eigenvalue weighted by molar-refractivity contribution is -0.123. The molecule has 2 rings (SSSR count). The Hall–Kier alpha value is -1.79. The van der Waals surface area contributed by atoms with Crippen LogP contribution in [0.5, 0.6) is 0 Å². The molecule has 0 atom stereocenters. The minimum absolute atomic E-state index is 0.0567. The number of carbonyl (C=O) groups is 2. The van der Waals surface area contributed by atoms with Gasteiger partial charge >= 0.3 is 0 Å². The molecule has 0 radical (unpaired) electrons. The number of nitrogens with one attached hydrogen (secondary N) is 2. The quantitative estimate of drug-likeness (QED) is 0.686. The van der Waals surface area contributed by atoms with Crippen molar-refractivity contribution in [2.24, 2.45) is 0 Å². The van der Waals surface area contributed by atoms with Gasteiger partial charge in [-0.3, -0.25) is 14.5 Å². The van der Waals surface area contributed by atoms with Gasteiger partial charge in [0, 0.05) is 11.1 Å². The highest BCUT2D eigenvalue weighted by atomic mass is 35.5. The second-order valence-electron chi connectivity index (χ2n) is 5.29. The van der Waals surface area contributed by atoms with E-state index in [1.807, 2.05) is 0 Å². The summed E-state index contributed by atoms with van der Waals surface area (Å²) in [6, 6.07) is 5.20. The monoisotopic (exact) mass is 310 g/mol. The van der Waals surface area contributed by atoms with Gasteiger partial charge in [0.25, 0.3) is 0 Å². The van der Waals surface area contributed by atoms with Gasteiger partial charge in [0.15, 0.2) is 0 Å². The summed E-state index contributed by atoms with van der Waals surface area (Å²) in [5, 5.41) is 6.09. The molecule has 21 heavy (non-hydrogen) atoms. The van der Waals surface area contributed by atoms with E-state index in [9.17, 15) is 9.59 Å². The van der Waals surface area contributed by atoms with Crippen LogP contribution in [0, 0.1) is 0 Å². The maximum absolute atomic E-state index is 11.9. The second kappa shape index (κ2) is 6.78. The summed E-state index contributed by atoms with van der Waals surface area (Å²) in [5.41, 5.74) is 6.69. The zero-order valence-electron chi connectivity index (χ0n) is 11.9. The highest BCUT2D eigenvalue weighted by Gasteiger charge is 2.23. The van der Waals surface area contributed by atoms with Crippen molar-refractivity contribution in [1.29, 1.82) is 0 Å². The van der Waals surface area contributed by atoms with Crippen LogP contribution in [0.15, 0.2) is 18.2 Å². The lowest BCUT2D eigenvalue weighted by Crippen LogP contribution is -2.39. The number of hydrogen-bond donors (Lipinski definition) is 3. The van der Waals surface area contributed by atoms with E-state index in [1.54, 1.807) is 30.1 Å². The van der Waals surface area contributed by atoms with Crippen molar-refractivity contribution in [3.63, 3.8) is 0 Å². The number of hydrogen-bond acceptors (Lipinski definition) is 4. The summed E-state index contributed by atoms with van der Waals surface area (Å²) in [5.74, 6) is -0.287. The van der Waals surface area contributed by atoms with Crippen molar-refractivity contribution in [3.8, 4) is 0 Å². The maximum atomic E-state index is 11.9. The Bertz CT molecular complexity index is 546. The van der Waals surface area contributed by atoms with Crippen LogP contribution in [-0.2, 0) is 9.59 Å². The molecule has 4 N–H and O–H groups in total. The van der Waals surface area contributed by atoms with E-state index < -0.39 is 0 Å². The van der Waals surface area contributed by atoms with E-state index in [4.69, 9.17) is 17.3 Å². The van der Waals surface area contributed by atoms with Crippen molar-refractivity contribution in [2.75, 3.05) is 31.2 Å². The highest BCUT2D eigenvalue weighted by Crippen LogP contribution is 2.22. The smallest absolute Gasteiger partial charge is 0.238 e. The van der Waals surface area contributed by atoms with E-state index in [0.29, 0.717) is 22.4 Å². The van der Waals surface area contributed by atoms with Crippen LogP contribution in [0.2, 0.25) is 5.02 Å². The molecular formula is C14H19ClN4O2. The molecule has 0 unspecified atom stereocenters. The van der Waals surface area contributed by atoms with Crippen molar-refractivity contribution in [2.45, 2.75) is 18.9 Å². The summed E-state index contributed by atoms with van der Waals surface area (Å²) in [7, 11) is 1.72. The lowest BCUT2D eigenvalue weighted by atomic mass is 10.2. The minimum atomic E-state index is -0.231. The van der Waals surface area contributed by atoms with E-state index in [2.05, 4.69) is 10.6 Å². The molecule has 0 bridgehead atoms. The molecule has 1 aliphatic rings. The number of nitrogens with zero attached hydrogens (tertiary/aromatic N) is 1. The zero-order chi connectivity index (χ0) is 15.4. The Balaban J connectivity index is 1.78. The SMILES string of the molecule is CN(CC(=O)Nc1ccc(Cl)cc1N)CC(=O)NC1CC1. The summed E-state index contributed by atoms with van der Waals surface area (Å²) in [6.45, 7) is 0.306. The number of halogens is 1. The summed E-state index contributed by atoms with van der Waals surface area (Å²) >= 11 is 5.80. The van der Waals surface area contributed by atoms with Gasteiger partial charge in [-0.1, -0.05) is 11.6 Å². The average Bonchev–Trinajstić information content (AvgIpc) is 3.16. The molecule has 2 amide bonds. The Morgan fingerprint density at radius 3 is 2.62 bits per heavy atom. The number of carbonyl (C=O) groups excluding carboxylic acids is 2. The second-order valence-corrected chi connectivity index (χ2v) is 5.73. The molecule has 0 heterocycles. The molecule has 0 spiro atoms. The van der Waals surface area contributed by atoms with Crippen LogP contribution >= 0.6 is 11.6 Å². The molecule has 0 saturated heterocycles. The lowest BCUT2D eigenvalue weighted by Gasteiger charge is -2.16. The molecule has 1 aromatic carbocycles. The van der Waals surface area contributed by atoms with E-state index in [1.165, 1.54) is 0 Å². The standard InChI is InChI=1S/C14H19ClN4O2/c1-19(7-13(20)17-10-3-4-10)8-14(21)18-12-5-2-9(15)6-11(12)16/h2,5-6,10H,3-4,7-8,16H2,1H3,(H,17,20)(H,18,21). The van der Waals surface area contributed by atoms with Crippen LogP contribution in [0.1, 0.15) is 12.8 Å². The Kier molecular flexibility index (Phi) is 5.03. The fourth-order valence-electron chi connectivity index (χ4n) is 1.88. The molecule has 0 aromatic heterocycles. The first kappa shape index (κ1) is 15.6. The van der Waals surface area contributed by atoms with Gasteiger partial charge < -0.3 is 16.4 Å². The predicted octanol–water partition coefficient (Wildman–Crippen LogP) is 1.07. The molecule has 1 saturated carbocycles. The molecule has 0 aliphatic heterocycles. The molecule has 1 aliphatic carbocycles. The Morgan fingerprint density at radius 2 is 2.00 bits per heavy atom. The van der Waals surface area contributed by atoms with Gasteiger partial charge in [-0.25, -0.2) is 0 Å². The topological polar surface area (TPSA) is 87.5 Å². The largest absolute Gasteiger partial charge is 0.397 e. The van der Waals surface area contributed by atoms with Gasteiger partial charge in [-0.2, -0.15) is 0 Å². The average molecular weight is 311 g/mol. The fourth-order valence-corrected chi connectivity index (χ4v) is 2.06. The van der Waals surface area contributed by atoms with Crippen molar-refractivity contribution < 1.29 is 9.59 Å². The number of nitrogens with two attached hydrogens (primary N) is 1. The van der Waals surface area contributed by atoms with Gasteiger partial charge in [-0.15, -0.1) is 0 Å². The van der Waals surface area contributed by atoms with Gasteiger partial charge in [0.05, 0.1) is 24.5 Å². The van der Waals surface area contributed by atoms with E-state index >= 15 is 0 Å². The molecule has 7 heteroatoms. The van der Waals surface area contributed by atoms with Crippen LogP contribution in [-0.4, -0.2) is 42.9 Å².